The van der Waals surface area contributed by atoms with Gasteiger partial charge >= 0.3 is 0 Å². The van der Waals surface area contributed by atoms with E-state index in [0.29, 0.717) is 11.8 Å². The zero-order valence-electron chi connectivity index (χ0n) is 9.82. The van der Waals surface area contributed by atoms with E-state index in [1.807, 2.05) is 6.33 Å². The van der Waals surface area contributed by atoms with E-state index in [1.54, 1.807) is 0 Å². The minimum atomic E-state index is 0.667. The Morgan fingerprint density at radius 3 is 2.73 bits per heavy atom. The average Bonchev–Trinajstić information content (AvgIpc) is 2.66. The lowest BCUT2D eigenvalue weighted by Gasteiger charge is -2.21. The molecule has 84 valence electrons. The van der Waals surface area contributed by atoms with E-state index < -0.39 is 0 Å². The summed E-state index contributed by atoms with van der Waals surface area (Å²) in [6.45, 7) is 5.54. The lowest BCUT2D eigenvalue weighted by molar-refractivity contribution is 0.402. The first kappa shape index (κ1) is 10.7. The lowest BCUT2D eigenvalue weighted by Crippen LogP contribution is -2.14. The molecule has 0 bridgehead atoms. The molecular formula is C12H21N3. The second-order valence-electron chi connectivity index (χ2n) is 5.07. The van der Waals surface area contributed by atoms with Crippen LogP contribution in [-0.2, 0) is 6.54 Å². The number of rotatable bonds is 3. The highest BCUT2D eigenvalue weighted by atomic mass is 15.3. The fraction of sp³-hybridized carbons (Fsp3) is 0.833. The van der Waals surface area contributed by atoms with Gasteiger partial charge in [-0.2, -0.15) is 0 Å². The summed E-state index contributed by atoms with van der Waals surface area (Å²) in [7, 11) is 0. The van der Waals surface area contributed by atoms with Gasteiger partial charge in [0.2, 0.25) is 0 Å². The standard InChI is InChI=1S/C12H21N3/c1-10(2)8-15-9-13-14-12(15)11-6-4-3-5-7-11/h9-11H,3-8H2,1-2H3. The molecule has 0 aromatic carbocycles. The summed E-state index contributed by atoms with van der Waals surface area (Å²) < 4.78 is 2.25. The van der Waals surface area contributed by atoms with Gasteiger partial charge in [0.1, 0.15) is 12.2 Å². The number of nitrogens with zero attached hydrogens (tertiary/aromatic N) is 3. The van der Waals surface area contributed by atoms with Crippen LogP contribution in [0, 0.1) is 5.92 Å². The third-order valence-electron chi connectivity index (χ3n) is 3.18. The highest BCUT2D eigenvalue weighted by molar-refractivity contribution is 4.97. The van der Waals surface area contributed by atoms with Crippen LogP contribution < -0.4 is 0 Å². The molecule has 0 saturated heterocycles. The van der Waals surface area contributed by atoms with Gasteiger partial charge in [-0.25, -0.2) is 0 Å². The quantitative estimate of drug-likeness (QED) is 0.763. The largest absolute Gasteiger partial charge is 0.317 e. The molecule has 3 nitrogen and oxygen atoms in total. The molecular weight excluding hydrogens is 186 g/mol. The molecule has 0 unspecified atom stereocenters. The second-order valence-corrected chi connectivity index (χ2v) is 5.07. The summed E-state index contributed by atoms with van der Waals surface area (Å²) in [6.07, 6.45) is 8.62. The minimum Gasteiger partial charge on any atom is -0.317 e. The molecule has 0 amide bonds. The molecule has 0 atom stereocenters. The monoisotopic (exact) mass is 207 g/mol. The van der Waals surface area contributed by atoms with E-state index in [2.05, 4.69) is 28.6 Å². The average molecular weight is 207 g/mol. The Balaban J connectivity index is 2.09. The summed E-state index contributed by atoms with van der Waals surface area (Å²) in [5.41, 5.74) is 0. The SMILES string of the molecule is CC(C)Cn1cnnc1C1CCCCC1. The van der Waals surface area contributed by atoms with Crippen LogP contribution in [0.15, 0.2) is 6.33 Å². The van der Waals surface area contributed by atoms with E-state index in [1.165, 1.54) is 37.9 Å². The van der Waals surface area contributed by atoms with Crippen LogP contribution in [0.5, 0.6) is 0 Å². The van der Waals surface area contributed by atoms with E-state index in [4.69, 9.17) is 0 Å². The molecule has 1 aliphatic rings. The first-order chi connectivity index (χ1) is 7.27. The van der Waals surface area contributed by atoms with Crippen molar-refractivity contribution in [2.45, 2.75) is 58.4 Å². The van der Waals surface area contributed by atoms with Crippen molar-refractivity contribution in [3.8, 4) is 0 Å². The van der Waals surface area contributed by atoms with Crippen molar-refractivity contribution in [2.75, 3.05) is 0 Å². The topological polar surface area (TPSA) is 30.7 Å². The van der Waals surface area contributed by atoms with Crippen LogP contribution in [0.4, 0.5) is 0 Å². The molecule has 2 rings (SSSR count). The Morgan fingerprint density at radius 2 is 2.07 bits per heavy atom. The van der Waals surface area contributed by atoms with Crippen LogP contribution in [0.25, 0.3) is 0 Å². The molecule has 3 heteroatoms. The maximum Gasteiger partial charge on any atom is 0.135 e. The van der Waals surface area contributed by atoms with Crippen LogP contribution >= 0.6 is 0 Å². The maximum atomic E-state index is 4.31. The number of hydrogen-bond donors (Lipinski definition) is 0. The molecule has 1 fully saturated rings. The highest BCUT2D eigenvalue weighted by Gasteiger charge is 2.20. The Morgan fingerprint density at radius 1 is 1.33 bits per heavy atom. The summed E-state index contributed by atoms with van der Waals surface area (Å²) in [4.78, 5) is 0. The van der Waals surface area contributed by atoms with Gasteiger partial charge in [0, 0.05) is 12.5 Å². The normalized spacial score (nSPS) is 18.6. The van der Waals surface area contributed by atoms with E-state index in [0.717, 1.165) is 6.54 Å². The summed E-state index contributed by atoms with van der Waals surface area (Å²) in [5.74, 6) is 2.56. The predicted octanol–water partition coefficient (Wildman–Crippen LogP) is 2.98. The molecule has 1 saturated carbocycles. The van der Waals surface area contributed by atoms with Gasteiger partial charge in [-0.3, -0.25) is 0 Å². The van der Waals surface area contributed by atoms with Crippen molar-refractivity contribution in [2.24, 2.45) is 5.92 Å². The van der Waals surface area contributed by atoms with Crippen LogP contribution in [0.2, 0.25) is 0 Å². The van der Waals surface area contributed by atoms with Gasteiger partial charge in [0.05, 0.1) is 0 Å². The van der Waals surface area contributed by atoms with Crippen molar-refractivity contribution in [1.82, 2.24) is 14.8 Å². The van der Waals surface area contributed by atoms with Crippen molar-refractivity contribution in [3.63, 3.8) is 0 Å². The highest BCUT2D eigenvalue weighted by Crippen LogP contribution is 2.31. The first-order valence-electron chi connectivity index (χ1n) is 6.15. The van der Waals surface area contributed by atoms with Crippen molar-refractivity contribution < 1.29 is 0 Å². The van der Waals surface area contributed by atoms with Gasteiger partial charge in [-0.05, 0) is 18.8 Å². The molecule has 15 heavy (non-hydrogen) atoms. The van der Waals surface area contributed by atoms with Crippen molar-refractivity contribution in [1.29, 1.82) is 0 Å². The van der Waals surface area contributed by atoms with Crippen LogP contribution in [0.1, 0.15) is 57.7 Å². The van der Waals surface area contributed by atoms with Crippen LogP contribution in [-0.4, -0.2) is 14.8 Å². The van der Waals surface area contributed by atoms with Gasteiger partial charge < -0.3 is 4.57 Å². The molecule has 0 N–H and O–H groups in total. The Kier molecular flexibility index (Phi) is 3.39. The van der Waals surface area contributed by atoms with E-state index in [-0.39, 0.29) is 0 Å². The fourth-order valence-corrected chi connectivity index (χ4v) is 2.47. The van der Waals surface area contributed by atoms with Crippen molar-refractivity contribution >= 4 is 0 Å². The third kappa shape index (κ3) is 2.58. The lowest BCUT2D eigenvalue weighted by atomic mass is 9.88. The summed E-state index contributed by atoms with van der Waals surface area (Å²) in [6, 6.07) is 0. The smallest absolute Gasteiger partial charge is 0.135 e. The van der Waals surface area contributed by atoms with Gasteiger partial charge in [-0.15, -0.1) is 10.2 Å². The Hall–Kier alpha value is -0.860. The molecule has 1 heterocycles. The van der Waals surface area contributed by atoms with Gasteiger partial charge in [0.25, 0.3) is 0 Å². The molecule has 1 aliphatic carbocycles. The Labute approximate surface area is 91.9 Å². The number of hydrogen-bond acceptors (Lipinski definition) is 2. The number of aromatic nitrogens is 3. The minimum absolute atomic E-state index is 0.667. The first-order valence-corrected chi connectivity index (χ1v) is 6.15. The molecule has 1 aromatic heterocycles. The maximum absolute atomic E-state index is 4.31. The van der Waals surface area contributed by atoms with E-state index >= 15 is 0 Å². The van der Waals surface area contributed by atoms with Gasteiger partial charge in [-0.1, -0.05) is 33.1 Å². The molecule has 0 aliphatic heterocycles. The fourth-order valence-electron chi connectivity index (χ4n) is 2.47. The molecule has 1 aromatic rings. The zero-order chi connectivity index (χ0) is 10.7. The van der Waals surface area contributed by atoms with Crippen molar-refractivity contribution in [3.05, 3.63) is 12.2 Å². The second kappa shape index (κ2) is 4.77. The molecule has 0 radical (unpaired) electrons. The third-order valence-corrected chi connectivity index (χ3v) is 3.18. The Bertz CT molecular complexity index is 298. The predicted molar refractivity (Wildman–Crippen MR) is 60.7 cm³/mol. The summed E-state index contributed by atoms with van der Waals surface area (Å²) >= 11 is 0. The zero-order valence-corrected chi connectivity index (χ0v) is 9.82. The summed E-state index contributed by atoms with van der Waals surface area (Å²) in [5, 5.41) is 8.37. The van der Waals surface area contributed by atoms with Crippen LogP contribution in [0.3, 0.4) is 0 Å². The van der Waals surface area contributed by atoms with Gasteiger partial charge in [0.15, 0.2) is 0 Å². The van der Waals surface area contributed by atoms with E-state index in [9.17, 15) is 0 Å². The molecule has 0 spiro atoms.